The first-order valence-corrected chi connectivity index (χ1v) is 11.0. The van der Waals surface area contributed by atoms with Gasteiger partial charge in [-0.3, -0.25) is 4.57 Å². The van der Waals surface area contributed by atoms with E-state index in [1.54, 1.807) is 12.4 Å². The van der Waals surface area contributed by atoms with Crippen molar-refractivity contribution in [3.63, 3.8) is 0 Å². The minimum Gasteiger partial charge on any atom is -0.382 e. The number of nitrogen functional groups attached to an aromatic ring is 1. The van der Waals surface area contributed by atoms with Gasteiger partial charge in [-0.15, -0.1) is 0 Å². The largest absolute Gasteiger partial charge is 0.382 e. The van der Waals surface area contributed by atoms with Crippen LogP contribution in [0.2, 0.25) is 0 Å². The summed E-state index contributed by atoms with van der Waals surface area (Å²) in [6.07, 6.45) is 6.40. The van der Waals surface area contributed by atoms with Crippen LogP contribution >= 0.6 is 0 Å². The molecule has 7 nitrogen and oxygen atoms in total. The van der Waals surface area contributed by atoms with Crippen LogP contribution in [0, 0.1) is 0 Å². The van der Waals surface area contributed by atoms with Gasteiger partial charge in [-0.05, 0) is 49.1 Å². The molecule has 0 unspecified atom stereocenters. The molecule has 170 valence electrons. The number of anilines is 1. The number of aromatic nitrogens is 5. The molecule has 1 saturated carbocycles. The standard InChI is InChI=1S/C26H23N7.CH4/c27-23-22(29-15-16-30-23)25-32-21-12-11-20(17-5-2-1-3-6-17)31-24(21)33(25)19-9-7-18(8-10-19)26(28)13-4-14-26;/h1-3,5-12,15-16H,4,13-14,28H2,(H2,27,30);1H4. The molecule has 0 amide bonds. The van der Waals surface area contributed by atoms with Crippen LogP contribution in [0.1, 0.15) is 32.3 Å². The first-order valence-electron chi connectivity index (χ1n) is 11.0. The van der Waals surface area contributed by atoms with Crippen LogP contribution in [-0.4, -0.2) is 24.5 Å². The van der Waals surface area contributed by atoms with Crippen LogP contribution in [0.3, 0.4) is 0 Å². The SMILES string of the molecule is C.Nc1nccnc1-c1nc2ccc(-c3ccccc3)nc2n1-c1ccc(C2(N)CCC2)cc1. The maximum atomic E-state index is 6.54. The van der Waals surface area contributed by atoms with Gasteiger partial charge in [0.2, 0.25) is 0 Å². The lowest BCUT2D eigenvalue weighted by Gasteiger charge is -2.38. The zero-order valence-electron chi connectivity index (χ0n) is 18.0. The zero-order chi connectivity index (χ0) is 22.4. The maximum Gasteiger partial charge on any atom is 0.169 e. The Hall–Kier alpha value is -4.10. The topological polar surface area (TPSA) is 109 Å². The van der Waals surface area contributed by atoms with Crippen molar-refractivity contribution in [2.75, 3.05) is 5.73 Å². The van der Waals surface area contributed by atoms with E-state index >= 15 is 0 Å². The fraction of sp³-hybridized carbons (Fsp3) is 0.185. The maximum absolute atomic E-state index is 6.54. The summed E-state index contributed by atoms with van der Waals surface area (Å²) in [5, 5.41) is 0. The normalized spacial score (nSPS) is 14.4. The third-order valence-corrected chi connectivity index (χ3v) is 6.46. The number of nitrogens with zero attached hydrogens (tertiary/aromatic N) is 5. The van der Waals surface area contributed by atoms with Gasteiger partial charge in [0, 0.05) is 29.2 Å². The monoisotopic (exact) mass is 449 g/mol. The van der Waals surface area contributed by atoms with Crippen LogP contribution in [0.15, 0.2) is 79.1 Å². The van der Waals surface area contributed by atoms with Gasteiger partial charge in [0.15, 0.2) is 17.3 Å². The molecule has 1 aliphatic carbocycles. The van der Waals surface area contributed by atoms with E-state index in [1.165, 1.54) is 6.42 Å². The molecule has 4 N–H and O–H groups in total. The van der Waals surface area contributed by atoms with Crippen molar-refractivity contribution in [2.24, 2.45) is 5.73 Å². The quantitative estimate of drug-likeness (QED) is 0.395. The average molecular weight is 450 g/mol. The van der Waals surface area contributed by atoms with E-state index < -0.39 is 0 Å². The van der Waals surface area contributed by atoms with Gasteiger partial charge in [-0.1, -0.05) is 49.9 Å². The number of benzene rings is 2. The smallest absolute Gasteiger partial charge is 0.169 e. The molecule has 6 rings (SSSR count). The van der Waals surface area contributed by atoms with Crippen molar-refractivity contribution < 1.29 is 0 Å². The van der Waals surface area contributed by atoms with E-state index in [9.17, 15) is 0 Å². The van der Waals surface area contributed by atoms with E-state index in [0.29, 0.717) is 17.3 Å². The second kappa shape index (κ2) is 8.35. The Balaban J connectivity index is 0.00000241. The van der Waals surface area contributed by atoms with E-state index in [0.717, 1.165) is 46.5 Å². The molecule has 3 heterocycles. The Morgan fingerprint density at radius 3 is 2.24 bits per heavy atom. The summed E-state index contributed by atoms with van der Waals surface area (Å²) in [5.74, 6) is 0.927. The summed E-state index contributed by atoms with van der Waals surface area (Å²) in [4.78, 5) is 18.5. The highest BCUT2D eigenvalue weighted by atomic mass is 15.2. The number of pyridine rings is 1. The summed E-state index contributed by atoms with van der Waals surface area (Å²) in [5.41, 5.74) is 18.5. The lowest BCUT2D eigenvalue weighted by Crippen LogP contribution is -2.43. The highest BCUT2D eigenvalue weighted by Crippen LogP contribution is 2.39. The van der Waals surface area contributed by atoms with E-state index in [-0.39, 0.29) is 13.0 Å². The van der Waals surface area contributed by atoms with Crippen LogP contribution in [0.25, 0.3) is 39.6 Å². The summed E-state index contributed by atoms with van der Waals surface area (Å²) < 4.78 is 2.00. The number of nitrogens with two attached hydrogens (primary N) is 2. The molecule has 0 aliphatic heterocycles. The number of fused-ring (bicyclic) bond motifs is 1. The highest BCUT2D eigenvalue weighted by molar-refractivity contribution is 5.83. The minimum atomic E-state index is -0.216. The molecule has 34 heavy (non-hydrogen) atoms. The van der Waals surface area contributed by atoms with Crippen molar-refractivity contribution in [2.45, 2.75) is 32.2 Å². The zero-order valence-corrected chi connectivity index (χ0v) is 18.0. The van der Waals surface area contributed by atoms with Gasteiger partial charge in [0.1, 0.15) is 11.2 Å². The fourth-order valence-corrected chi connectivity index (χ4v) is 4.44. The van der Waals surface area contributed by atoms with Crippen LogP contribution < -0.4 is 11.5 Å². The van der Waals surface area contributed by atoms with Crippen LogP contribution in [-0.2, 0) is 5.54 Å². The van der Waals surface area contributed by atoms with Gasteiger partial charge in [0.05, 0.1) is 5.69 Å². The number of rotatable bonds is 4. The number of imidazole rings is 1. The lowest BCUT2D eigenvalue weighted by molar-refractivity contribution is 0.253. The Bertz CT molecular complexity index is 1450. The lowest BCUT2D eigenvalue weighted by atomic mass is 9.73. The fourth-order valence-electron chi connectivity index (χ4n) is 4.44. The predicted octanol–water partition coefficient (Wildman–Crippen LogP) is 5.10. The Morgan fingerprint density at radius 1 is 0.824 bits per heavy atom. The molecular weight excluding hydrogens is 422 g/mol. The first-order chi connectivity index (χ1) is 16.1. The average Bonchev–Trinajstić information content (AvgIpc) is 3.22. The molecular formula is C27H27N7. The molecule has 7 heteroatoms. The third-order valence-electron chi connectivity index (χ3n) is 6.46. The third kappa shape index (κ3) is 3.50. The van der Waals surface area contributed by atoms with E-state index in [2.05, 4.69) is 34.2 Å². The molecule has 0 bridgehead atoms. The summed E-state index contributed by atoms with van der Waals surface area (Å²) in [6.45, 7) is 0. The molecule has 3 aromatic heterocycles. The second-order valence-corrected chi connectivity index (χ2v) is 8.52. The Morgan fingerprint density at radius 2 is 1.56 bits per heavy atom. The Labute approximate surface area is 198 Å². The van der Waals surface area contributed by atoms with Gasteiger partial charge in [-0.2, -0.15) is 0 Å². The van der Waals surface area contributed by atoms with Gasteiger partial charge < -0.3 is 11.5 Å². The number of hydrogen-bond donors (Lipinski definition) is 2. The molecule has 1 fully saturated rings. The second-order valence-electron chi connectivity index (χ2n) is 8.52. The van der Waals surface area contributed by atoms with Crippen LogP contribution in [0.4, 0.5) is 5.82 Å². The summed E-state index contributed by atoms with van der Waals surface area (Å²) in [7, 11) is 0. The molecule has 0 atom stereocenters. The van der Waals surface area contributed by atoms with Crippen molar-refractivity contribution in [3.05, 3.63) is 84.7 Å². The van der Waals surface area contributed by atoms with Gasteiger partial charge >= 0.3 is 0 Å². The van der Waals surface area contributed by atoms with Crippen LogP contribution in [0.5, 0.6) is 0 Å². The molecule has 5 aromatic rings. The predicted molar refractivity (Wildman–Crippen MR) is 136 cm³/mol. The molecule has 1 aliphatic rings. The summed E-state index contributed by atoms with van der Waals surface area (Å²) in [6, 6.07) is 22.4. The van der Waals surface area contributed by atoms with Gasteiger partial charge in [0.25, 0.3) is 0 Å². The van der Waals surface area contributed by atoms with Crippen molar-refractivity contribution in [3.8, 4) is 28.5 Å². The first kappa shape index (κ1) is 21.7. The molecule has 2 aromatic carbocycles. The van der Waals surface area contributed by atoms with Crippen molar-refractivity contribution in [1.29, 1.82) is 0 Å². The van der Waals surface area contributed by atoms with Crippen molar-refractivity contribution in [1.82, 2.24) is 24.5 Å². The molecule has 0 radical (unpaired) electrons. The molecule has 0 spiro atoms. The van der Waals surface area contributed by atoms with Crippen molar-refractivity contribution >= 4 is 17.0 Å². The van der Waals surface area contributed by atoms with E-state index in [4.69, 9.17) is 21.4 Å². The summed E-state index contributed by atoms with van der Waals surface area (Å²) >= 11 is 0. The highest BCUT2D eigenvalue weighted by Gasteiger charge is 2.34. The van der Waals surface area contributed by atoms with Gasteiger partial charge in [-0.25, -0.2) is 19.9 Å². The Kier molecular flexibility index (Phi) is 5.34. The molecule has 0 saturated heterocycles. The van der Waals surface area contributed by atoms with E-state index in [1.807, 2.05) is 47.0 Å². The minimum absolute atomic E-state index is 0. The number of hydrogen-bond acceptors (Lipinski definition) is 6.